The number of fused-ring (bicyclic) bond motifs is 1. The number of aromatic nitrogens is 2. The van der Waals surface area contributed by atoms with Gasteiger partial charge >= 0.3 is 0 Å². The number of halogens is 1. The molecular weight excluding hydrogens is 244 g/mol. The highest BCUT2D eigenvalue weighted by Gasteiger charge is 2.22. The summed E-state index contributed by atoms with van der Waals surface area (Å²) < 4.78 is 7.81. The molecule has 0 spiro atoms. The minimum absolute atomic E-state index is 0.127. The van der Waals surface area contributed by atoms with Crippen LogP contribution in [0.3, 0.4) is 0 Å². The molecule has 3 nitrogen and oxygen atoms in total. The first-order chi connectivity index (χ1) is 7.86. The highest BCUT2D eigenvalue weighted by Crippen LogP contribution is 2.27. The van der Waals surface area contributed by atoms with Crippen molar-refractivity contribution < 1.29 is 4.74 Å². The van der Waals surface area contributed by atoms with Gasteiger partial charge in [0, 0.05) is 0 Å². The topological polar surface area (TPSA) is 27.1 Å². The zero-order chi connectivity index (χ0) is 11.0. The predicted octanol–water partition coefficient (Wildman–Crippen LogP) is 2.95. The highest BCUT2D eigenvalue weighted by atomic mass is 35.5. The van der Waals surface area contributed by atoms with Crippen LogP contribution in [0, 0.1) is 0 Å². The van der Waals surface area contributed by atoms with Gasteiger partial charge in [-0.3, -0.25) is 4.68 Å². The average molecular weight is 255 g/mol. The number of ether oxygens (including phenoxy) is 1. The lowest BCUT2D eigenvalue weighted by molar-refractivity contribution is -0.000930. The van der Waals surface area contributed by atoms with Crippen LogP contribution >= 0.6 is 22.9 Å². The molecule has 0 aliphatic carbocycles. The lowest BCUT2D eigenvalue weighted by Crippen LogP contribution is -2.21. The van der Waals surface area contributed by atoms with Gasteiger partial charge in [-0.2, -0.15) is 16.4 Å². The number of alkyl halides is 1. The molecule has 3 heterocycles. The van der Waals surface area contributed by atoms with Crippen molar-refractivity contribution in [3.8, 4) is 0 Å². The van der Waals surface area contributed by atoms with Crippen LogP contribution < -0.4 is 0 Å². The minimum Gasteiger partial charge on any atom is -0.365 e. The zero-order valence-electron chi connectivity index (χ0n) is 8.60. The second-order valence-electron chi connectivity index (χ2n) is 3.80. The van der Waals surface area contributed by atoms with Crippen LogP contribution in [-0.2, 0) is 23.8 Å². The quantitative estimate of drug-likeness (QED) is 0.771. The Morgan fingerprint density at radius 3 is 3.31 bits per heavy atom. The Hall–Kier alpha value is -0.840. The summed E-state index contributed by atoms with van der Waals surface area (Å²) in [7, 11) is 0. The van der Waals surface area contributed by atoms with Crippen LogP contribution in [-0.4, -0.2) is 9.78 Å². The van der Waals surface area contributed by atoms with E-state index in [9.17, 15) is 0 Å². The molecule has 2 aromatic rings. The zero-order valence-corrected chi connectivity index (χ0v) is 10.2. The van der Waals surface area contributed by atoms with Gasteiger partial charge in [-0.05, 0) is 28.5 Å². The molecule has 0 bridgehead atoms. The SMILES string of the molecule is ClCc1cc2n(n1)C[C@H](c1ccsc1)OC2. The Balaban J connectivity index is 1.85. The molecule has 0 aromatic carbocycles. The van der Waals surface area contributed by atoms with Crippen molar-refractivity contribution in [2.45, 2.75) is 25.1 Å². The molecule has 16 heavy (non-hydrogen) atoms. The molecule has 0 unspecified atom stereocenters. The van der Waals surface area contributed by atoms with Crippen molar-refractivity contribution in [3.05, 3.63) is 39.8 Å². The van der Waals surface area contributed by atoms with E-state index >= 15 is 0 Å². The Bertz CT molecular complexity index is 480. The summed E-state index contributed by atoms with van der Waals surface area (Å²) >= 11 is 7.46. The lowest BCUT2D eigenvalue weighted by atomic mass is 10.2. The fourth-order valence-corrected chi connectivity index (χ4v) is 2.74. The molecule has 1 atom stereocenters. The summed E-state index contributed by atoms with van der Waals surface area (Å²) in [4.78, 5) is 0. The summed E-state index contributed by atoms with van der Waals surface area (Å²) in [6, 6.07) is 4.11. The van der Waals surface area contributed by atoms with Crippen molar-refractivity contribution in [2.24, 2.45) is 0 Å². The molecule has 0 saturated carbocycles. The van der Waals surface area contributed by atoms with Crippen molar-refractivity contribution in [1.29, 1.82) is 0 Å². The number of hydrogen-bond donors (Lipinski definition) is 0. The van der Waals surface area contributed by atoms with E-state index in [0.717, 1.165) is 17.9 Å². The second kappa shape index (κ2) is 4.20. The maximum atomic E-state index is 5.81. The molecule has 0 radical (unpaired) electrons. The van der Waals surface area contributed by atoms with E-state index < -0.39 is 0 Å². The van der Waals surface area contributed by atoms with E-state index in [0.29, 0.717) is 12.5 Å². The lowest BCUT2D eigenvalue weighted by Gasteiger charge is -2.23. The van der Waals surface area contributed by atoms with Crippen molar-refractivity contribution >= 4 is 22.9 Å². The van der Waals surface area contributed by atoms with Crippen LogP contribution in [0.5, 0.6) is 0 Å². The molecular formula is C11H11ClN2OS. The van der Waals surface area contributed by atoms with Crippen molar-refractivity contribution in [2.75, 3.05) is 0 Å². The molecule has 2 aromatic heterocycles. The van der Waals surface area contributed by atoms with Gasteiger partial charge in [0.05, 0.1) is 30.4 Å². The summed E-state index contributed by atoms with van der Waals surface area (Å²) in [5.74, 6) is 0.461. The first-order valence-electron chi connectivity index (χ1n) is 5.12. The summed E-state index contributed by atoms with van der Waals surface area (Å²) in [6.45, 7) is 1.40. The van der Waals surface area contributed by atoms with Gasteiger partial charge < -0.3 is 4.74 Å². The Morgan fingerprint density at radius 1 is 1.62 bits per heavy atom. The Labute approximate surface area is 103 Å². The van der Waals surface area contributed by atoms with Crippen LogP contribution in [0.1, 0.15) is 23.1 Å². The van der Waals surface area contributed by atoms with E-state index in [2.05, 4.69) is 21.9 Å². The smallest absolute Gasteiger partial charge is 0.103 e. The molecule has 0 amide bonds. The maximum Gasteiger partial charge on any atom is 0.103 e. The summed E-state index contributed by atoms with van der Waals surface area (Å²) in [5.41, 5.74) is 3.27. The first-order valence-corrected chi connectivity index (χ1v) is 6.60. The third-order valence-electron chi connectivity index (χ3n) is 2.74. The van der Waals surface area contributed by atoms with Gasteiger partial charge in [-0.1, -0.05) is 0 Å². The average Bonchev–Trinajstić information content (AvgIpc) is 2.96. The van der Waals surface area contributed by atoms with E-state index in [1.807, 2.05) is 10.7 Å². The highest BCUT2D eigenvalue weighted by molar-refractivity contribution is 7.07. The summed E-state index contributed by atoms with van der Waals surface area (Å²) in [6.07, 6.45) is 0.127. The van der Waals surface area contributed by atoms with E-state index in [-0.39, 0.29) is 6.10 Å². The van der Waals surface area contributed by atoms with Crippen LogP contribution in [0.4, 0.5) is 0 Å². The molecule has 3 rings (SSSR count). The molecule has 1 aliphatic heterocycles. The summed E-state index contributed by atoms with van der Waals surface area (Å²) in [5, 5.41) is 8.64. The Morgan fingerprint density at radius 2 is 2.56 bits per heavy atom. The van der Waals surface area contributed by atoms with Crippen LogP contribution in [0.25, 0.3) is 0 Å². The van der Waals surface area contributed by atoms with Gasteiger partial charge in [-0.25, -0.2) is 0 Å². The van der Waals surface area contributed by atoms with Gasteiger partial charge in [0.15, 0.2) is 0 Å². The van der Waals surface area contributed by atoms with E-state index in [4.69, 9.17) is 16.3 Å². The van der Waals surface area contributed by atoms with Crippen molar-refractivity contribution in [3.63, 3.8) is 0 Å². The Kier molecular flexibility index (Phi) is 2.71. The maximum absolute atomic E-state index is 5.81. The fraction of sp³-hybridized carbons (Fsp3) is 0.364. The number of rotatable bonds is 2. The van der Waals surface area contributed by atoms with Crippen molar-refractivity contribution in [1.82, 2.24) is 9.78 Å². The molecule has 0 fully saturated rings. The largest absolute Gasteiger partial charge is 0.365 e. The molecule has 84 valence electrons. The number of hydrogen-bond acceptors (Lipinski definition) is 3. The van der Waals surface area contributed by atoms with Crippen LogP contribution in [0.15, 0.2) is 22.9 Å². The standard InChI is InChI=1S/C11H11ClN2OS/c12-4-9-3-10-6-15-11(5-14(10)13-9)8-1-2-16-7-8/h1-3,7,11H,4-6H2/t11-/m1/s1. The van der Waals surface area contributed by atoms with E-state index in [1.54, 1.807) is 11.3 Å². The van der Waals surface area contributed by atoms with Gasteiger partial charge in [0.2, 0.25) is 0 Å². The van der Waals surface area contributed by atoms with E-state index in [1.165, 1.54) is 5.56 Å². The number of nitrogens with zero attached hydrogens (tertiary/aromatic N) is 2. The van der Waals surface area contributed by atoms with Gasteiger partial charge in [0.25, 0.3) is 0 Å². The predicted molar refractivity (Wildman–Crippen MR) is 63.6 cm³/mol. The van der Waals surface area contributed by atoms with Gasteiger partial charge in [-0.15, -0.1) is 11.6 Å². The third-order valence-corrected chi connectivity index (χ3v) is 3.71. The number of thiophene rings is 1. The molecule has 1 aliphatic rings. The monoisotopic (exact) mass is 254 g/mol. The third kappa shape index (κ3) is 1.77. The second-order valence-corrected chi connectivity index (χ2v) is 4.85. The normalized spacial score (nSPS) is 19.7. The van der Waals surface area contributed by atoms with Crippen LogP contribution in [0.2, 0.25) is 0 Å². The molecule has 0 N–H and O–H groups in total. The van der Waals surface area contributed by atoms with Gasteiger partial charge in [0.1, 0.15) is 6.10 Å². The molecule has 5 heteroatoms. The fourth-order valence-electron chi connectivity index (χ4n) is 1.91. The first kappa shape index (κ1) is 10.3. The molecule has 0 saturated heterocycles. The minimum atomic E-state index is 0.127.